The van der Waals surface area contributed by atoms with E-state index in [1.54, 1.807) is 7.11 Å². The Morgan fingerprint density at radius 1 is 1.14 bits per heavy atom. The van der Waals surface area contributed by atoms with E-state index in [4.69, 9.17) is 9.72 Å². The zero-order valence-electron chi connectivity index (χ0n) is 17.1. The molecule has 6 heteroatoms. The number of fused-ring (bicyclic) bond motifs is 1. The number of rotatable bonds is 4. The van der Waals surface area contributed by atoms with Crippen LogP contribution < -0.4 is 15.0 Å². The lowest BCUT2D eigenvalue weighted by Crippen LogP contribution is -2.41. The second-order valence-electron chi connectivity index (χ2n) is 7.64. The number of piperidine rings is 1. The number of ether oxygens (including phenoxy) is 1. The molecule has 1 aromatic heterocycles. The van der Waals surface area contributed by atoms with E-state index >= 15 is 0 Å². The van der Waals surface area contributed by atoms with Crippen molar-refractivity contribution < 1.29 is 9.53 Å². The molecule has 1 fully saturated rings. The first-order valence-electron chi connectivity index (χ1n) is 9.99. The number of hydrogen-bond donors (Lipinski definition) is 1. The number of anilines is 2. The largest absolute Gasteiger partial charge is 0.478 e. The molecule has 0 spiro atoms. The second-order valence-corrected chi connectivity index (χ2v) is 7.64. The summed E-state index contributed by atoms with van der Waals surface area (Å²) in [6.07, 6.45) is 1.78. The molecule has 0 bridgehead atoms. The lowest BCUT2D eigenvalue weighted by molar-refractivity contribution is -0.120. The molecule has 2 heterocycles. The molecule has 2 aromatic carbocycles. The highest BCUT2D eigenvalue weighted by atomic mass is 16.5. The average molecular weight is 390 g/mol. The Balaban J connectivity index is 1.56. The zero-order valence-corrected chi connectivity index (χ0v) is 17.1. The standard InChI is InChI=1S/C23H26N4O2/c1-15-10-11-16(2)20(13-15)25-22(28)17-7-6-12-27(14-17)21-23(29-3)26-19-9-5-4-8-18(19)24-21/h4-5,8-11,13,17H,6-7,12,14H2,1-3H3,(H,25,28). The van der Waals surface area contributed by atoms with Gasteiger partial charge in [0.05, 0.1) is 24.1 Å². The van der Waals surface area contributed by atoms with Crippen molar-refractivity contribution in [1.29, 1.82) is 0 Å². The molecule has 1 aliphatic rings. The number of amides is 1. The molecular formula is C23H26N4O2. The van der Waals surface area contributed by atoms with Crippen LogP contribution in [0.25, 0.3) is 11.0 Å². The van der Waals surface area contributed by atoms with Crippen molar-refractivity contribution in [3.63, 3.8) is 0 Å². The van der Waals surface area contributed by atoms with Crippen LogP contribution >= 0.6 is 0 Å². The van der Waals surface area contributed by atoms with Crippen molar-refractivity contribution in [2.75, 3.05) is 30.4 Å². The Labute approximate surface area is 170 Å². The number of methoxy groups -OCH3 is 1. The highest BCUT2D eigenvalue weighted by Crippen LogP contribution is 2.31. The molecule has 4 rings (SSSR count). The fourth-order valence-electron chi connectivity index (χ4n) is 3.81. The van der Waals surface area contributed by atoms with Gasteiger partial charge in [0, 0.05) is 18.8 Å². The van der Waals surface area contributed by atoms with Gasteiger partial charge in [0.1, 0.15) is 0 Å². The molecule has 1 atom stereocenters. The average Bonchev–Trinajstić information content (AvgIpc) is 2.75. The summed E-state index contributed by atoms with van der Waals surface area (Å²) in [6, 6.07) is 13.9. The van der Waals surface area contributed by atoms with E-state index in [2.05, 4.69) is 21.3 Å². The summed E-state index contributed by atoms with van der Waals surface area (Å²) < 4.78 is 5.51. The van der Waals surface area contributed by atoms with Crippen LogP contribution in [0.1, 0.15) is 24.0 Å². The van der Waals surface area contributed by atoms with Gasteiger partial charge in [-0.1, -0.05) is 24.3 Å². The molecule has 1 amide bonds. The third-order valence-electron chi connectivity index (χ3n) is 5.46. The Kier molecular flexibility index (Phi) is 5.34. The summed E-state index contributed by atoms with van der Waals surface area (Å²) in [5.74, 6) is 1.15. The van der Waals surface area contributed by atoms with E-state index in [0.717, 1.165) is 47.2 Å². The molecule has 6 nitrogen and oxygen atoms in total. The first-order valence-corrected chi connectivity index (χ1v) is 9.99. The summed E-state index contributed by atoms with van der Waals surface area (Å²) >= 11 is 0. The number of carbonyl (C=O) groups is 1. The van der Waals surface area contributed by atoms with E-state index in [9.17, 15) is 4.79 Å². The molecule has 1 aliphatic heterocycles. The molecule has 1 unspecified atom stereocenters. The van der Waals surface area contributed by atoms with Gasteiger partial charge in [-0.25, -0.2) is 9.97 Å². The van der Waals surface area contributed by atoms with Crippen molar-refractivity contribution in [3.8, 4) is 5.88 Å². The SMILES string of the molecule is COc1nc2ccccc2nc1N1CCCC(C(=O)Nc2cc(C)ccc2C)C1. The van der Waals surface area contributed by atoms with Crippen molar-refractivity contribution >= 4 is 28.4 Å². The predicted molar refractivity (Wildman–Crippen MR) is 116 cm³/mol. The summed E-state index contributed by atoms with van der Waals surface area (Å²) in [5, 5.41) is 3.12. The normalized spacial score (nSPS) is 16.7. The van der Waals surface area contributed by atoms with Crippen LogP contribution in [-0.4, -0.2) is 36.1 Å². The molecule has 1 saturated heterocycles. The smallest absolute Gasteiger partial charge is 0.257 e. The van der Waals surface area contributed by atoms with Gasteiger partial charge in [0.15, 0.2) is 5.82 Å². The van der Waals surface area contributed by atoms with Crippen LogP contribution in [-0.2, 0) is 4.79 Å². The van der Waals surface area contributed by atoms with Crippen molar-refractivity contribution in [2.24, 2.45) is 5.92 Å². The highest BCUT2D eigenvalue weighted by molar-refractivity contribution is 5.94. The molecule has 3 aromatic rings. The van der Waals surface area contributed by atoms with E-state index in [-0.39, 0.29) is 11.8 Å². The maximum absolute atomic E-state index is 13.0. The van der Waals surface area contributed by atoms with Crippen LogP contribution in [0.15, 0.2) is 42.5 Å². The topological polar surface area (TPSA) is 67.4 Å². The minimum absolute atomic E-state index is 0.0520. The molecule has 0 radical (unpaired) electrons. The van der Waals surface area contributed by atoms with Gasteiger partial charge in [-0.05, 0) is 56.0 Å². The Bertz CT molecular complexity index is 1050. The summed E-state index contributed by atoms with van der Waals surface area (Å²) in [4.78, 5) is 24.5. The predicted octanol–water partition coefficient (Wildman–Crippen LogP) is 4.11. The van der Waals surface area contributed by atoms with Crippen LogP contribution in [0.3, 0.4) is 0 Å². The number of aryl methyl sites for hydroxylation is 2. The number of aromatic nitrogens is 2. The number of nitrogens with zero attached hydrogens (tertiary/aromatic N) is 3. The molecule has 0 aliphatic carbocycles. The van der Waals surface area contributed by atoms with Crippen molar-refractivity contribution in [1.82, 2.24) is 9.97 Å². The van der Waals surface area contributed by atoms with Gasteiger partial charge in [-0.3, -0.25) is 4.79 Å². The lowest BCUT2D eigenvalue weighted by atomic mass is 9.96. The summed E-state index contributed by atoms with van der Waals surface area (Å²) in [6.45, 7) is 5.47. The van der Waals surface area contributed by atoms with Crippen LogP contribution in [0.2, 0.25) is 0 Å². The lowest BCUT2D eigenvalue weighted by Gasteiger charge is -2.33. The summed E-state index contributed by atoms with van der Waals surface area (Å²) in [5.41, 5.74) is 4.71. The number of carbonyl (C=O) groups excluding carboxylic acids is 1. The van der Waals surface area contributed by atoms with Gasteiger partial charge in [0.25, 0.3) is 5.88 Å². The molecule has 150 valence electrons. The first-order chi connectivity index (χ1) is 14.0. The number of para-hydroxylation sites is 2. The van der Waals surface area contributed by atoms with Gasteiger partial charge < -0.3 is 15.0 Å². The minimum atomic E-state index is -0.110. The zero-order chi connectivity index (χ0) is 20.4. The molecular weight excluding hydrogens is 364 g/mol. The van der Waals surface area contributed by atoms with Gasteiger partial charge >= 0.3 is 0 Å². The quantitative estimate of drug-likeness (QED) is 0.726. The van der Waals surface area contributed by atoms with Gasteiger partial charge in [0.2, 0.25) is 5.91 Å². The fourth-order valence-corrected chi connectivity index (χ4v) is 3.81. The van der Waals surface area contributed by atoms with Crippen molar-refractivity contribution in [2.45, 2.75) is 26.7 Å². The number of benzene rings is 2. The monoisotopic (exact) mass is 390 g/mol. The second kappa shape index (κ2) is 8.07. The maximum Gasteiger partial charge on any atom is 0.257 e. The Morgan fingerprint density at radius 2 is 1.90 bits per heavy atom. The molecule has 1 N–H and O–H groups in total. The van der Waals surface area contributed by atoms with Crippen molar-refractivity contribution in [3.05, 3.63) is 53.6 Å². The number of nitrogens with one attached hydrogen (secondary N) is 1. The van der Waals surface area contributed by atoms with Crippen LogP contribution in [0.5, 0.6) is 5.88 Å². The minimum Gasteiger partial charge on any atom is -0.478 e. The Morgan fingerprint density at radius 3 is 2.66 bits per heavy atom. The van der Waals surface area contributed by atoms with E-state index in [1.165, 1.54) is 0 Å². The highest BCUT2D eigenvalue weighted by Gasteiger charge is 2.29. The summed E-state index contributed by atoms with van der Waals surface area (Å²) in [7, 11) is 1.61. The number of hydrogen-bond acceptors (Lipinski definition) is 5. The van der Waals surface area contributed by atoms with E-state index < -0.39 is 0 Å². The Hall–Kier alpha value is -3.15. The van der Waals surface area contributed by atoms with Gasteiger partial charge in [-0.15, -0.1) is 0 Å². The molecule has 29 heavy (non-hydrogen) atoms. The van der Waals surface area contributed by atoms with Crippen LogP contribution in [0, 0.1) is 19.8 Å². The third kappa shape index (κ3) is 4.01. The van der Waals surface area contributed by atoms with Crippen LogP contribution in [0.4, 0.5) is 11.5 Å². The van der Waals surface area contributed by atoms with Gasteiger partial charge in [-0.2, -0.15) is 0 Å². The van der Waals surface area contributed by atoms with E-state index in [1.807, 2.05) is 50.2 Å². The maximum atomic E-state index is 13.0. The first kappa shape index (κ1) is 19.2. The fraction of sp³-hybridized carbons (Fsp3) is 0.348. The third-order valence-corrected chi connectivity index (χ3v) is 5.46. The molecule has 0 saturated carbocycles. The van der Waals surface area contributed by atoms with E-state index in [0.29, 0.717) is 18.2 Å².